The highest BCUT2D eigenvalue weighted by atomic mass is 32.2. The molecular formula is C53H61N9O10S. The number of likely N-dealkylation sites (tertiary alicyclic amines) is 1. The Morgan fingerprint density at radius 3 is 2.52 bits per heavy atom. The predicted molar refractivity (Wildman–Crippen MR) is 272 cm³/mol. The van der Waals surface area contributed by atoms with Crippen molar-refractivity contribution >= 4 is 55.4 Å². The minimum Gasteiger partial charge on any atom is -0.489 e. The van der Waals surface area contributed by atoms with Crippen LogP contribution in [0.25, 0.3) is 11.0 Å². The molecule has 1 spiro atoms. The van der Waals surface area contributed by atoms with Gasteiger partial charge in [-0.2, -0.15) is 4.98 Å². The molecule has 6 atom stereocenters. The molecule has 20 heteroatoms. The predicted octanol–water partition coefficient (Wildman–Crippen LogP) is 6.44. The van der Waals surface area contributed by atoms with Crippen LogP contribution in [-0.2, 0) is 24.2 Å². The smallest absolute Gasteiger partial charge is 0.297 e. The first-order chi connectivity index (χ1) is 35.4. The molecule has 1 aliphatic carbocycles. The molecule has 19 nitrogen and oxygen atoms in total. The number of nitrogens with zero attached hydrogens (tertiary/aromatic N) is 6. The summed E-state index contributed by atoms with van der Waals surface area (Å²) in [7, 11) is -4.72. The van der Waals surface area contributed by atoms with Crippen LogP contribution in [0.4, 0.5) is 28.4 Å². The van der Waals surface area contributed by atoms with E-state index < -0.39 is 43.6 Å². The number of ether oxygens (including phenoxy) is 5. The van der Waals surface area contributed by atoms with Gasteiger partial charge >= 0.3 is 0 Å². The van der Waals surface area contributed by atoms with Gasteiger partial charge in [0, 0.05) is 67.2 Å². The monoisotopic (exact) mass is 1020 g/mol. The Labute approximate surface area is 423 Å². The Balaban J connectivity index is 0.779. The number of carbonyl (C=O) groups is 1. The second-order valence-electron chi connectivity index (χ2n) is 21.5. The first kappa shape index (κ1) is 46.7. The number of nitro groups is 1. The molecule has 1 amide bonds. The molecule has 1 saturated carbocycles. The Kier molecular flexibility index (Phi) is 11.6. The zero-order valence-corrected chi connectivity index (χ0v) is 41.9. The van der Waals surface area contributed by atoms with Crippen molar-refractivity contribution < 1.29 is 41.8 Å². The number of benzene rings is 3. The molecule has 5 aromatic rings. The van der Waals surface area contributed by atoms with Crippen LogP contribution in [0.1, 0.15) is 73.0 Å². The average molecular weight is 1020 g/mol. The quantitative estimate of drug-likeness (QED) is 0.102. The third kappa shape index (κ3) is 8.24. The fourth-order valence-corrected chi connectivity index (χ4v) is 14.1. The lowest BCUT2D eigenvalue weighted by molar-refractivity contribution is -0.384. The van der Waals surface area contributed by atoms with E-state index in [1.807, 2.05) is 29.2 Å². The van der Waals surface area contributed by atoms with Gasteiger partial charge in [0.15, 0.2) is 11.4 Å². The number of aromatic amines is 1. The van der Waals surface area contributed by atoms with Gasteiger partial charge in [-0.05, 0) is 106 Å². The van der Waals surface area contributed by atoms with E-state index in [1.54, 1.807) is 12.3 Å². The van der Waals surface area contributed by atoms with Crippen molar-refractivity contribution in [2.45, 2.75) is 106 Å². The Bertz CT molecular complexity index is 3100. The van der Waals surface area contributed by atoms with Crippen LogP contribution >= 0.6 is 0 Å². The number of sulfonamides is 1. The van der Waals surface area contributed by atoms with E-state index >= 15 is 0 Å². The lowest BCUT2D eigenvalue weighted by atomic mass is 9.59. The topological polar surface area (TPSA) is 206 Å². The van der Waals surface area contributed by atoms with E-state index in [0.29, 0.717) is 74.6 Å². The van der Waals surface area contributed by atoms with E-state index in [0.717, 1.165) is 49.6 Å². The number of morpholine rings is 1. The summed E-state index contributed by atoms with van der Waals surface area (Å²) in [5.41, 5.74) is 5.37. The molecule has 6 fully saturated rings. The average Bonchev–Trinajstić information content (AvgIpc) is 4.16. The van der Waals surface area contributed by atoms with E-state index in [9.17, 15) is 23.3 Å². The molecule has 7 aliphatic heterocycles. The largest absolute Gasteiger partial charge is 0.489 e. The van der Waals surface area contributed by atoms with Crippen molar-refractivity contribution in [3.8, 4) is 11.6 Å². The molecule has 3 N–H and O–H groups in total. The highest BCUT2D eigenvalue weighted by Gasteiger charge is 2.51. The molecule has 0 unspecified atom stereocenters. The highest BCUT2D eigenvalue weighted by molar-refractivity contribution is 7.90. The highest BCUT2D eigenvalue weighted by Crippen LogP contribution is 2.55. The van der Waals surface area contributed by atoms with E-state index in [4.69, 9.17) is 28.7 Å². The third-order valence-corrected chi connectivity index (χ3v) is 18.6. The van der Waals surface area contributed by atoms with Crippen LogP contribution < -0.4 is 29.3 Å². The fourth-order valence-electron chi connectivity index (χ4n) is 13.1. The minimum atomic E-state index is -4.72. The van der Waals surface area contributed by atoms with Crippen LogP contribution in [-0.4, -0.2) is 147 Å². The molecule has 3 aromatic carbocycles. The lowest BCUT2D eigenvalue weighted by Crippen LogP contribution is -2.62. The van der Waals surface area contributed by atoms with Gasteiger partial charge in [0.2, 0.25) is 5.88 Å². The maximum absolute atomic E-state index is 14.8. The van der Waals surface area contributed by atoms with Crippen molar-refractivity contribution in [3.63, 3.8) is 0 Å². The Morgan fingerprint density at radius 1 is 0.904 bits per heavy atom. The van der Waals surface area contributed by atoms with Crippen molar-refractivity contribution in [3.05, 3.63) is 99.7 Å². The Morgan fingerprint density at radius 2 is 1.73 bits per heavy atom. The van der Waals surface area contributed by atoms with Gasteiger partial charge in [-0.1, -0.05) is 24.3 Å². The molecule has 2 aromatic heterocycles. The number of pyridine rings is 1. The number of fused-ring (bicyclic) bond motifs is 4. The van der Waals surface area contributed by atoms with Crippen LogP contribution in [0.3, 0.4) is 0 Å². The zero-order valence-electron chi connectivity index (χ0n) is 41.0. The van der Waals surface area contributed by atoms with Gasteiger partial charge < -0.3 is 43.8 Å². The lowest BCUT2D eigenvalue weighted by Gasteiger charge is -2.56. The number of nitro benzene ring substituents is 1. The number of H-pyrrole nitrogens is 1. The van der Waals surface area contributed by atoms with Crippen LogP contribution in [0, 0.1) is 22.5 Å². The first-order valence-electron chi connectivity index (χ1n) is 25.8. The normalized spacial score (nSPS) is 27.3. The molecule has 8 aliphatic rings. The summed E-state index contributed by atoms with van der Waals surface area (Å²) in [6, 6.07) is 21.1. The van der Waals surface area contributed by atoms with E-state index in [2.05, 4.69) is 67.8 Å². The maximum Gasteiger partial charge on any atom is 0.297 e. The molecule has 0 bridgehead atoms. The van der Waals surface area contributed by atoms with E-state index in [1.165, 1.54) is 42.9 Å². The van der Waals surface area contributed by atoms with Crippen LogP contribution in [0.15, 0.2) is 77.8 Å². The summed E-state index contributed by atoms with van der Waals surface area (Å²) in [5, 5.41) is 16.8. The zero-order chi connectivity index (χ0) is 49.8. The molecule has 73 heavy (non-hydrogen) atoms. The number of rotatable bonds is 10. The summed E-state index contributed by atoms with van der Waals surface area (Å²) in [4.78, 5) is 43.8. The number of hydrogen-bond acceptors (Lipinski definition) is 16. The molecular weight excluding hydrogens is 955 g/mol. The summed E-state index contributed by atoms with van der Waals surface area (Å²) in [6.45, 7) is 10.1. The van der Waals surface area contributed by atoms with Crippen molar-refractivity contribution in [2.75, 3.05) is 80.9 Å². The van der Waals surface area contributed by atoms with Gasteiger partial charge in [-0.15, -0.1) is 0 Å². The van der Waals surface area contributed by atoms with Crippen molar-refractivity contribution in [2.24, 2.45) is 5.41 Å². The maximum atomic E-state index is 14.8. The Hall–Kier alpha value is -6.03. The number of anilines is 4. The number of aryl methyl sites for hydroxylation is 1. The van der Waals surface area contributed by atoms with Gasteiger partial charge in [-0.25, -0.2) is 13.1 Å². The minimum absolute atomic E-state index is 0.0132. The summed E-state index contributed by atoms with van der Waals surface area (Å²) < 4.78 is 61.3. The molecule has 5 saturated heterocycles. The first-order valence-corrected chi connectivity index (χ1v) is 27.3. The number of amides is 1. The summed E-state index contributed by atoms with van der Waals surface area (Å²) >= 11 is 0. The molecule has 13 rings (SSSR count). The van der Waals surface area contributed by atoms with Gasteiger partial charge in [-0.3, -0.25) is 24.7 Å². The summed E-state index contributed by atoms with van der Waals surface area (Å²) in [6.07, 6.45) is 7.94. The SMILES string of the molecule is Cc1ccccc1[C@@H]1CCCN1C1CC2(CCN(c3ccc(C(=O)NS(=O)(=O)c4cc5c(c([N+](=O)[O-])c4)N[C@@H]([C@H]4CN(C6COC6)[C@H](C)CO4)CO5)c(N4c5cc6cc[nH]c6nc5O[C@H]5COC[C@@H]54)c3)CC2)C1. The third-order valence-electron chi connectivity index (χ3n) is 17.2. The fraction of sp³-hybridized carbons (Fsp3) is 0.509. The standard InChI is InChI=1S/C53H61N9O10S/c1-31-6-3-4-7-38(31)41-8-5-15-59(41)35-22-53(23-35)12-16-58(17-13-53)34-9-10-39(42(19-34)61-44-18-33-11-14-54-50(33)56-52(44)72-48-30-69-29-45(48)61)51(63)57-73(66,67)37-20-43(62(64)65)49-46(21-37)71-28-40(55-49)47-24-60(32(2)25-70-47)36-26-68-27-36/h3-4,6-7,9-11,14,18-21,32,35-36,40-41,45,47-48,55H,5,8,12-13,15-17,22-30H2,1-2H3,(H,54,56)(H,57,63)/t32-,40-,41+,45+,47-,48+/m1/s1. The second-order valence-corrected chi connectivity index (χ2v) is 23.2. The van der Waals surface area contributed by atoms with Crippen molar-refractivity contribution in [1.29, 1.82) is 0 Å². The molecule has 0 radical (unpaired) electrons. The number of aromatic nitrogens is 2. The molecule has 384 valence electrons. The van der Waals surface area contributed by atoms with Crippen molar-refractivity contribution in [1.82, 2.24) is 24.5 Å². The summed E-state index contributed by atoms with van der Waals surface area (Å²) in [5.74, 6) is -0.560. The van der Waals surface area contributed by atoms with Gasteiger partial charge in [0.25, 0.3) is 21.6 Å². The number of carbonyl (C=O) groups excluding carboxylic acids is 1. The number of piperidine rings is 1. The second kappa shape index (κ2) is 18.1. The van der Waals surface area contributed by atoms with E-state index in [-0.39, 0.29) is 53.3 Å². The number of nitrogens with one attached hydrogen (secondary N) is 3. The van der Waals surface area contributed by atoms with Crippen LogP contribution in [0.5, 0.6) is 11.6 Å². The molecule has 9 heterocycles. The van der Waals surface area contributed by atoms with Gasteiger partial charge in [0.1, 0.15) is 24.0 Å². The van der Waals surface area contributed by atoms with Crippen LogP contribution in [0.2, 0.25) is 0 Å². The van der Waals surface area contributed by atoms with Gasteiger partial charge in [0.05, 0.1) is 78.3 Å². The number of hydrogen-bond donors (Lipinski definition) is 3.